The number of thiophene rings is 1. The van der Waals surface area contributed by atoms with Gasteiger partial charge in [0.1, 0.15) is 5.15 Å². The van der Waals surface area contributed by atoms with E-state index in [1.807, 2.05) is 24.4 Å². The summed E-state index contributed by atoms with van der Waals surface area (Å²) in [6.45, 7) is 2.68. The van der Waals surface area contributed by atoms with Gasteiger partial charge in [0.05, 0.1) is 16.4 Å². The number of nitrogens with zero attached hydrogens (tertiary/aromatic N) is 1. The molecule has 1 N–H and O–H groups in total. The minimum atomic E-state index is 0.516. The van der Waals surface area contributed by atoms with Crippen molar-refractivity contribution in [1.82, 2.24) is 4.98 Å². The second kappa shape index (κ2) is 5.04. The van der Waals surface area contributed by atoms with E-state index in [-0.39, 0.29) is 0 Å². The van der Waals surface area contributed by atoms with Crippen LogP contribution in [0.25, 0.3) is 0 Å². The van der Waals surface area contributed by atoms with E-state index >= 15 is 0 Å². The molecule has 0 bridgehead atoms. The smallest absolute Gasteiger partial charge is 0.129 e. The fourth-order valence-corrected chi connectivity index (χ4v) is 2.55. The summed E-state index contributed by atoms with van der Waals surface area (Å²) >= 11 is 13.3. The van der Waals surface area contributed by atoms with E-state index in [0.29, 0.717) is 5.15 Å². The molecule has 2 nitrogen and oxygen atoms in total. The Kier molecular flexibility index (Phi) is 3.69. The van der Waals surface area contributed by atoms with Gasteiger partial charge in [-0.15, -0.1) is 11.3 Å². The number of pyridine rings is 1. The Morgan fingerprint density at radius 2 is 2.19 bits per heavy atom. The van der Waals surface area contributed by atoms with Crippen LogP contribution in [-0.2, 0) is 6.54 Å². The van der Waals surface area contributed by atoms with Gasteiger partial charge in [0, 0.05) is 16.8 Å². The standard InChI is InChI=1S/C11H10Cl2N2S/c1-7-10(2-3-11(13)15-7)14-5-9-4-8(12)6-16-9/h2-4,6,14H,5H2,1H3. The molecule has 0 radical (unpaired) electrons. The van der Waals surface area contributed by atoms with Crippen molar-refractivity contribution >= 4 is 40.2 Å². The van der Waals surface area contributed by atoms with Gasteiger partial charge in [-0.1, -0.05) is 23.2 Å². The van der Waals surface area contributed by atoms with Gasteiger partial charge in [-0.2, -0.15) is 0 Å². The molecule has 0 amide bonds. The molecular weight excluding hydrogens is 263 g/mol. The van der Waals surface area contributed by atoms with Crippen LogP contribution in [0.1, 0.15) is 10.6 Å². The number of anilines is 1. The van der Waals surface area contributed by atoms with Gasteiger partial charge in [0.25, 0.3) is 0 Å². The number of rotatable bonds is 3. The summed E-state index contributed by atoms with van der Waals surface area (Å²) < 4.78 is 0. The van der Waals surface area contributed by atoms with Crippen LogP contribution in [0.2, 0.25) is 10.2 Å². The highest BCUT2D eigenvalue weighted by molar-refractivity contribution is 7.10. The fourth-order valence-electron chi connectivity index (χ4n) is 1.35. The minimum Gasteiger partial charge on any atom is -0.379 e. The minimum absolute atomic E-state index is 0.516. The summed E-state index contributed by atoms with van der Waals surface area (Å²) in [5, 5.41) is 6.52. The summed E-state index contributed by atoms with van der Waals surface area (Å²) in [6, 6.07) is 5.66. The maximum atomic E-state index is 5.85. The Labute approximate surface area is 108 Å². The predicted octanol–water partition coefficient (Wildman–Crippen LogP) is 4.37. The molecule has 0 atom stereocenters. The Morgan fingerprint density at radius 3 is 2.81 bits per heavy atom. The molecule has 2 rings (SSSR count). The molecule has 0 fully saturated rings. The van der Waals surface area contributed by atoms with E-state index in [9.17, 15) is 0 Å². The van der Waals surface area contributed by atoms with Crippen LogP contribution < -0.4 is 5.32 Å². The van der Waals surface area contributed by atoms with Crippen LogP contribution in [0, 0.1) is 6.92 Å². The van der Waals surface area contributed by atoms with Gasteiger partial charge in [0.15, 0.2) is 0 Å². The molecule has 2 heterocycles. The first-order chi connectivity index (χ1) is 7.65. The molecule has 2 aromatic heterocycles. The van der Waals surface area contributed by atoms with E-state index in [4.69, 9.17) is 23.2 Å². The first-order valence-corrected chi connectivity index (χ1v) is 6.38. The number of nitrogens with one attached hydrogen (secondary N) is 1. The van der Waals surface area contributed by atoms with Crippen LogP contribution in [0.5, 0.6) is 0 Å². The maximum absolute atomic E-state index is 5.85. The largest absolute Gasteiger partial charge is 0.379 e. The first kappa shape index (κ1) is 11.7. The van der Waals surface area contributed by atoms with E-state index in [2.05, 4.69) is 10.3 Å². The highest BCUT2D eigenvalue weighted by Gasteiger charge is 2.02. The molecule has 0 aliphatic rings. The lowest BCUT2D eigenvalue weighted by Gasteiger charge is -2.07. The first-order valence-electron chi connectivity index (χ1n) is 4.75. The Morgan fingerprint density at radius 1 is 1.38 bits per heavy atom. The molecule has 0 aromatic carbocycles. The number of hydrogen-bond donors (Lipinski definition) is 1. The molecule has 0 aliphatic heterocycles. The molecule has 2 aromatic rings. The second-order valence-corrected chi connectivity index (χ2v) is 5.17. The van der Waals surface area contributed by atoms with Gasteiger partial charge < -0.3 is 5.32 Å². The van der Waals surface area contributed by atoms with E-state index in [0.717, 1.165) is 22.9 Å². The molecular formula is C11H10Cl2N2S. The molecule has 0 saturated carbocycles. The van der Waals surface area contributed by atoms with Crippen LogP contribution >= 0.6 is 34.5 Å². The van der Waals surface area contributed by atoms with Crippen molar-refractivity contribution in [1.29, 1.82) is 0 Å². The molecule has 84 valence electrons. The highest BCUT2D eigenvalue weighted by atomic mass is 35.5. The molecule has 0 spiro atoms. The van der Waals surface area contributed by atoms with Crippen molar-refractivity contribution in [2.75, 3.05) is 5.32 Å². The van der Waals surface area contributed by atoms with Crippen LogP contribution in [0.4, 0.5) is 5.69 Å². The zero-order chi connectivity index (χ0) is 11.5. The van der Waals surface area contributed by atoms with E-state index < -0.39 is 0 Å². The van der Waals surface area contributed by atoms with E-state index in [1.165, 1.54) is 4.88 Å². The maximum Gasteiger partial charge on any atom is 0.129 e. The molecule has 0 unspecified atom stereocenters. The fraction of sp³-hybridized carbons (Fsp3) is 0.182. The molecule has 0 aliphatic carbocycles. The summed E-state index contributed by atoms with van der Waals surface area (Å²) in [4.78, 5) is 5.37. The normalized spacial score (nSPS) is 10.4. The van der Waals surface area contributed by atoms with Gasteiger partial charge >= 0.3 is 0 Å². The number of aromatic nitrogens is 1. The van der Waals surface area contributed by atoms with Crippen LogP contribution in [0.3, 0.4) is 0 Å². The molecule has 16 heavy (non-hydrogen) atoms. The summed E-state index contributed by atoms with van der Waals surface area (Å²) in [6.07, 6.45) is 0. The van der Waals surface area contributed by atoms with Crippen LogP contribution in [-0.4, -0.2) is 4.98 Å². The highest BCUT2D eigenvalue weighted by Crippen LogP contribution is 2.21. The number of hydrogen-bond acceptors (Lipinski definition) is 3. The second-order valence-electron chi connectivity index (χ2n) is 3.35. The lowest BCUT2D eigenvalue weighted by Crippen LogP contribution is -2.00. The van der Waals surface area contributed by atoms with E-state index in [1.54, 1.807) is 17.4 Å². The van der Waals surface area contributed by atoms with Crippen molar-refractivity contribution in [2.24, 2.45) is 0 Å². The Hall–Kier alpha value is -0.770. The average Bonchev–Trinajstić information content (AvgIpc) is 2.63. The van der Waals surface area contributed by atoms with Crippen molar-refractivity contribution in [2.45, 2.75) is 13.5 Å². The summed E-state index contributed by atoms with van der Waals surface area (Å²) in [7, 11) is 0. The van der Waals surface area contributed by atoms with Gasteiger partial charge in [-0.25, -0.2) is 4.98 Å². The predicted molar refractivity (Wildman–Crippen MR) is 70.6 cm³/mol. The molecule has 0 saturated heterocycles. The van der Waals surface area contributed by atoms with Crippen molar-refractivity contribution in [3.05, 3.63) is 44.3 Å². The van der Waals surface area contributed by atoms with Crippen LogP contribution in [0.15, 0.2) is 23.6 Å². The Balaban J connectivity index is 2.04. The van der Waals surface area contributed by atoms with Crippen molar-refractivity contribution in [3.63, 3.8) is 0 Å². The zero-order valence-corrected chi connectivity index (χ0v) is 11.0. The Bertz CT molecular complexity index is 496. The third-order valence-electron chi connectivity index (χ3n) is 2.13. The lowest BCUT2D eigenvalue weighted by molar-refractivity contribution is 1.13. The molecule has 5 heteroatoms. The number of aryl methyl sites for hydroxylation is 1. The number of halogens is 2. The third-order valence-corrected chi connectivity index (χ3v) is 3.62. The summed E-state index contributed by atoms with van der Waals surface area (Å²) in [5.74, 6) is 0. The van der Waals surface area contributed by atoms with Gasteiger partial charge in [-0.05, 0) is 25.1 Å². The van der Waals surface area contributed by atoms with Gasteiger partial charge in [-0.3, -0.25) is 0 Å². The average molecular weight is 273 g/mol. The van der Waals surface area contributed by atoms with Crippen molar-refractivity contribution in [3.8, 4) is 0 Å². The monoisotopic (exact) mass is 272 g/mol. The van der Waals surface area contributed by atoms with Gasteiger partial charge in [0.2, 0.25) is 0 Å². The SMILES string of the molecule is Cc1nc(Cl)ccc1NCc1cc(Cl)cs1. The lowest BCUT2D eigenvalue weighted by atomic mass is 10.3. The third kappa shape index (κ3) is 2.88. The zero-order valence-electron chi connectivity index (χ0n) is 8.63. The summed E-state index contributed by atoms with van der Waals surface area (Å²) in [5.41, 5.74) is 1.89. The quantitative estimate of drug-likeness (QED) is 0.840. The topological polar surface area (TPSA) is 24.9 Å². The van der Waals surface area contributed by atoms with Crippen molar-refractivity contribution < 1.29 is 0 Å².